The van der Waals surface area contributed by atoms with Crippen molar-refractivity contribution in [1.29, 1.82) is 0 Å². The van der Waals surface area contributed by atoms with Crippen LogP contribution in [-0.4, -0.2) is 55.6 Å². The van der Waals surface area contributed by atoms with Crippen molar-refractivity contribution in [1.82, 2.24) is 9.80 Å². The van der Waals surface area contributed by atoms with Gasteiger partial charge in [-0.1, -0.05) is 19.3 Å². The Bertz CT molecular complexity index is 226. The molecule has 2 fully saturated rings. The van der Waals surface area contributed by atoms with Crippen LogP contribution < -0.4 is 5.73 Å². The van der Waals surface area contributed by atoms with Gasteiger partial charge >= 0.3 is 0 Å². The number of hydrogen-bond donors (Lipinski definition) is 1. The molecule has 1 saturated carbocycles. The molecule has 0 radical (unpaired) electrons. The second-order valence-electron chi connectivity index (χ2n) is 6.19. The first-order valence-electron chi connectivity index (χ1n) is 7.31. The number of likely N-dealkylation sites (N-methyl/N-ethyl adjacent to an activating group) is 2. The highest BCUT2D eigenvalue weighted by Gasteiger charge is 2.28. The van der Waals surface area contributed by atoms with Crippen LogP contribution in [0.2, 0.25) is 0 Å². The summed E-state index contributed by atoms with van der Waals surface area (Å²) < 4.78 is 0. The molecule has 1 aliphatic carbocycles. The highest BCUT2D eigenvalue weighted by molar-refractivity contribution is 4.85. The van der Waals surface area contributed by atoms with Gasteiger partial charge in [0, 0.05) is 31.7 Å². The molecule has 1 saturated heterocycles. The van der Waals surface area contributed by atoms with Crippen molar-refractivity contribution in [2.75, 3.05) is 33.7 Å². The molecule has 0 amide bonds. The fourth-order valence-electron chi connectivity index (χ4n) is 3.42. The predicted molar refractivity (Wildman–Crippen MR) is 73.1 cm³/mol. The molecule has 0 aromatic heterocycles. The second-order valence-corrected chi connectivity index (χ2v) is 6.19. The SMILES string of the molecule is CN1CCN(C)C(CC(N)C2CCCCC2)C1. The smallest absolute Gasteiger partial charge is 0.0235 e. The third kappa shape index (κ3) is 3.67. The molecule has 2 aliphatic rings. The van der Waals surface area contributed by atoms with Gasteiger partial charge < -0.3 is 15.5 Å². The number of nitrogens with zero attached hydrogens (tertiary/aromatic N) is 2. The maximum atomic E-state index is 6.44. The van der Waals surface area contributed by atoms with Crippen molar-refractivity contribution in [2.24, 2.45) is 11.7 Å². The van der Waals surface area contributed by atoms with E-state index in [1.54, 1.807) is 0 Å². The van der Waals surface area contributed by atoms with E-state index in [0.717, 1.165) is 5.92 Å². The van der Waals surface area contributed by atoms with Crippen molar-refractivity contribution in [2.45, 2.75) is 50.6 Å². The van der Waals surface area contributed by atoms with Gasteiger partial charge in [0.1, 0.15) is 0 Å². The molecule has 2 unspecified atom stereocenters. The summed E-state index contributed by atoms with van der Waals surface area (Å²) in [5.41, 5.74) is 6.44. The largest absolute Gasteiger partial charge is 0.327 e. The molecule has 2 N–H and O–H groups in total. The van der Waals surface area contributed by atoms with E-state index < -0.39 is 0 Å². The quantitative estimate of drug-likeness (QED) is 0.811. The highest BCUT2D eigenvalue weighted by Crippen LogP contribution is 2.28. The molecule has 3 heteroatoms. The normalized spacial score (nSPS) is 31.6. The van der Waals surface area contributed by atoms with Gasteiger partial charge in [0.25, 0.3) is 0 Å². The van der Waals surface area contributed by atoms with E-state index in [-0.39, 0.29) is 0 Å². The number of rotatable bonds is 3. The van der Waals surface area contributed by atoms with Crippen LogP contribution in [0.15, 0.2) is 0 Å². The third-order valence-electron chi connectivity index (χ3n) is 4.78. The van der Waals surface area contributed by atoms with E-state index in [9.17, 15) is 0 Å². The molecule has 17 heavy (non-hydrogen) atoms. The van der Waals surface area contributed by atoms with Gasteiger partial charge in [-0.15, -0.1) is 0 Å². The lowest BCUT2D eigenvalue weighted by molar-refractivity contribution is 0.0961. The Morgan fingerprint density at radius 3 is 2.53 bits per heavy atom. The summed E-state index contributed by atoms with van der Waals surface area (Å²) in [6, 6.07) is 1.10. The molecule has 3 nitrogen and oxygen atoms in total. The minimum Gasteiger partial charge on any atom is -0.327 e. The maximum Gasteiger partial charge on any atom is 0.0235 e. The number of piperazine rings is 1. The molecular formula is C14H29N3. The van der Waals surface area contributed by atoms with E-state index in [2.05, 4.69) is 23.9 Å². The lowest BCUT2D eigenvalue weighted by Crippen LogP contribution is -2.52. The first-order chi connectivity index (χ1) is 8.16. The molecule has 2 atom stereocenters. The Labute approximate surface area is 106 Å². The van der Waals surface area contributed by atoms with E-state index in [1.807, 2.05) is 0 Å². The summed E-state index contributed by atoms with van der Waals surface area (Å²) in [7, 11) is 4.48. The molecule has 1 aliphatic heterocycles. The van der Waals surface area contributed by atoms with Gasteiger partial charge in [0.15, 0.2) is 0 Å². The van der Waals surface area contributed by atoms with Gasteiger partial charge in [-0.2, -0.15) is 0 Å². The zero-order valence-corrected chi connectivity index (χ0v) is 11.6. The lowest BCUT2D eigenvalue weighted by Gasteiger charge is -2.40. The first kappa shape index (κ1) is 13.3. The van der Waals surface area contributed by atoms with E-state index in [4.69, 9.17) is 5.73 Å². The Morgan fingerprint density at radius 1 is 1.12 bits per heavy atom. The third-order valence-corrected chi connectivity index (χ3v) is 4.78. The summed E-state index contributed by atoms with van der Waals surface area (Å²) >= 11 is 0. The standard InChI is InChI=1S/C14H29N3/c1-16-8-9-17(2)13(11-16)10-14(15)12-6-4-3-5-7-12/h12-14H,3-11,15H2,1-2H3. The Morgan fingerprint density at radius 2 is 1.82 bits per heavy atom. The summed E-state index contributed by atoms with van der Waals surface area (Å²) in [5, 5.41) is 0. The topological polar surface area (TPSA) is 32.5 Å². The first-order valence-corrected chi connectivity index (χ1v) is 7.31. The van der Waals surface area contributed by atoms with Crippen LogP contribution in [0.4, 0.5) is 0 Å². The summed E-state index contributed by atoms with van der Waals surface area (Å²) in [6.45, 7) is 3.58. The van der Waals surface area contributed by atoms with Crippen LogP contribution in [-0.2, 0) is 0 Å². The zero-order chi connectivity index (χ0) is 12.3. The van der Waals surface area contributed by atoms with Crippen LogP contribution in [0.1, 0.15) is 38.5 Å². The van der Waals surface area contributed by atoms with Crippen LogP contribution in [0, 0.1) is 5.92 Å². The number of nitrogens with two attached hydrogens (primary N) is 1. The van der Waals surface area contributed by atoms with E-state index >= 15 is 0 Å². The summed E-state index contributed by atoms with van der Waals surface area (Å²) in [6.07, 6.45) is 8.15. The van der Waals surface area contributed by atoms with Gasteiger partial charge in [-0.05, 0) is 39.3 Å². The molecule has 0 bridgehead atoms. The highest BCUT2D eigenvalue weighted by atomic mass is 15.3. The van der Waals surface area contributed by atoms with Crippen LogP contribution >= 0.6 is 0 Å². The van der Waals surface area contributed by atoms with Crippen molar-refractivity contribution < 1.29 is 0 Å². The van der Waals surface area contributed by atoms with Gasteiger partial charge in [0.05, 0.1) is 0 Å². The van der Waals surface area contributed by atoms with Crippen molar-refractivity contribution in [3.8, 4) is 0 Å². The van der Waals surface area contributed by atoms with Gasteiger partial charge in [-0.3, -0.25) is 0 Å². The van der Waals surface area contributed by atoms with E-state index in [0.29, 0.717) is 12.1 Å². The van der Waals surface area contributed by atoms with Crippen molar-refractivity contribution >= 4 is 0 Å². The van der Waals surface area contributed by atoms with E-state index in [1.165, 1.54) is 58.2 Å². The van der Waals surface area contributed by atoms with Crippen molar-refractivity contribution in [3.05, 3.63) is 0 Å². The molecule has 0 spiro atoms. The Balaban J connectivity index is 1.81. The minimum absolute atomic E-state index is 0.425. The zero-order valence-electron chi connectivity index (χ0n) is 11.6. The fraction of sp³-hybridized carbons (Fsp3) is 1.00. The van der Waals surface area contributed by atoms with Gasteiger partial charge in [0.2, 0.25) is 0 Å². The predicted octanol–water partition coefficient (Wildman–Crippen LogP) is 1.53. The molecule has 1 heterocycles. The van der Waals surface area contributed by atoms with Crippen LogP contribution in [0.3, 0.4) is 0 Å². The summed E-state index contributed by atoms with van der Waals surface area (Å²) in [4.78, 5) is 4.95. The van der Waals surface area contributed by atoms with Gasteiger partial charge in [-0.25, -0.2) is 0 Å². The number of hydrogen-bond acceptors (Lipinski definition) is 3. The van der Waals surface area contributed by atoms with Crippen LogP contribution in [0.25, 0.3) is 0 Å². The average molecular weight is 239 g/mol. The van der Waals surface area contributed by atoms with Crippen LogP contribution in [0.5, 0.6) is 0 Å². The molecule has 100 valence electrons. The second kappa shape index (κ2) is 6.17. The average Bonchev–Trinajstić information content (AvgIpc) is 2.35. The Hall–Kier alpha value is -0.120. The fourth-order valence-corrected chi connectivity index (χ4v) is 3.42. The monoisotopic (exact) mass is 239 g/mol. The molecule has 0 aromatic carbocycles. The Kier molecular flexibility index (Phi) is 4.83. The summed E-state index contributed by atoms with van der Waals surface area (Å²) in [5.74, 6) is 0.796. The molecule has 2 rings (SSSR count). The maximum absolute atomic E-state index is 6.44. The lowest BCUT2D eigenvalue weighted by atomic mass is 9.81. The van der Waals surface area contributed by atoms with Crippen molar-refractivity contribution in [3.63, 3.8) is 0 Å². The molecule has 0 aromatic rings. The molecular weight excluding hydrogens is 210 g/mol. The minimum atomic E-state index is 0.425.